The number of benzene rings is 2. The fourth-order valence-electron chi connectivity index (χ4n) is 4.54. The number of aromatic nitrogens is 2. The summed E-state index contributed by atoms with van der Waals surface area (Å²) in [5.41, 5.74) is 3.76. The van der Waals surface area contributed by atoms with E-state index in [1.165, 1.54) is 6.26 Å². The maximum absolute atomic E-state index is 12.5. The van der Waals surface area contributed by atoms with Crippen molar-refractivity contribution in [1.29, 1.82) is 0 Å². The van der Waals surface area contributed by atoms with Crippen LogP contribution in [0.25, 0.3) is 11.3 Å². The number of hydrogen-bond donors (Lipinski definition) is 2. The normalized spacial score (nSPS) is 14.9. The van der Waals surface area contributed by atoms with Gasteiger partial charge in [-0.15, -0.1) is 0 Å². The molecule has 0 aliphatic carbocycles. The van der Waals surface area contributed by atoms with Gasteiger partial charge in [-0.05, 0) is 80.1 Å². The summed E-state index contributed by atoms with van der Waals surface area (Å²) < 4.78 is 26.6. The maximum Gasteiger partial charge on any atom is 0.211 e. The Kier molecular flexibility index (Phi) is 8.95. The van der Waals surface area contributed by atoms with E-state index in [0.717, 1.165) is 67.0 Å². The summed E-state index contributed by atoms with van der Waals surface area (Å²) in [6.07, 6.45) is 7.42. The highest BCUT2D eigenvalue weighted by Gasteiger charge is 2.23. The van der Waals surface area contributed by atoms with Crippen LogP contribution in [0.3, 0.4) is 0 Å². The second kappa shape index (κ2) is 12.1. The van der Waals surface area contributed by atoms with Gasteiger partial charge in [0, 0.05) is 31.3 Å². The second-order valence-corrected chi connectivity index (χ2v) is 11.8. The molecule has 0 radical (unpaired) electrons. The quantitative estimate of drug-likeness (QED) is 0.404. The molecule has 36 heavy (non-hydrogen) atoms. The first-order valence-corrected chi connectivity index (χ1v) is 14.5. The number of hydrogen-bond acceptors (Lipinski definition) is 6. The van der Waals surface area contributed by atoms with E-state index in [1.54, 1.807) is 22.6 Å². The van der Waals surface area contributed by atoms with Crippen molar-refractivity contribution < 1.29 is 13.5 Å². The van der Waals surface area contributed by atoms with E-state index in [1.807, 2.05) is 36.4 Å². The van der Waals surface area contributed by atoms with Crippen molar-refractivity contribution in [2.75, 3.05) is 25.9 Å². The lowest BCUT2D eigenvalue weighted by Gasteiger charge is -2.28. The molecule has 0 amide bonds. The van der Waals surface area contributed by atoms with Crippen LogP contribution in [0.2, 0.25) is 5.02 Å². The Morgan fingerprint density at radius 3 is 2.64 bits per heavy atom. The van der Waals surface area contributed by atoms with E-state index in [0.29, 0.717) is 30.5 Å². The van der Waals surface area contributed by atoms with Crippen molar-refractivity contribution in [1.82, 2.24) is 19.6 Å². The first-order chi connectivity index (χ1) is 17.3. The average molecular weight is 529 g/mol. The SMILES string of the molecule is CS(=O)(=O)N(Cc1cccc(-c2ccnc(CCCc3ccc(O)c(Cl)c3)n2)c1)CC1CCNCC1. The van der Waals surface area contributed by atoms with Gasteiger partial charge in [0.05, 0.1) is 17.0 Å². The fraction of sp³-hybridized carbons (Fsp3) is 0.407. The Labute approximate surface area is 218 Å². The molecule has 1 fully saturated rings. The molecule has 4 rings (SSSR count). The Bertz CT molecular complexity index is 1280. The minimum Gasteiger partial charge on any atom is -0.506 e. The zero-order chi connectivity index (χ0) is 25.5. The number of phenols is 1. The highest BCUT2D eigenvalue weighted by molar-refractivity contribution is 7.88. The summed E-state index contributed by atoms with van der Waals surface area (Å²) in [6.45, 7) is 2.78. The standard InChI is InChI=1S/C27H33ClN4O3S/c1-36(34,35)32(18-21-10-13-29-14-11-21)19-22-5-2-6-23(16-22)25-12-15-30-27(31-25)7-3-4-20-8-9-26(33)24(28)17-20/h2,5-6,8-9,12,15-17,21,29,33H,3-4,7,10-11,13-14,18-19H2,1H3. The number of nitrogens with zero attached hydrogens (tertiary/aromatic N) is 3. The summed E-state index contributed by atoms with van der Waals surface area (Å²) in [7, 11) is -3.32. The summed E-state index contributed by atoms with van der Waals surface area (Å²) in [6, 6.07) is 15.1. The van der Waals surface area contributed by atoms with Gasteiger partial charge in [-0.25, -0.2) is 18.4 Å². The molecule has 0 spiro atoms. The number of piperidine rings is 1. The molecule has 0 atom stereocenters. The second-order valence-electron chi connectivity index (χ2n) is 9.45. The van der Waals surface area contributed by atoms with E-state index in [2.05, 4.69) is 10.3 Å². The topological polar surface area (TPSA) is 95.4 Å². The molecule has 0 unspecified atom stereocenters. The molecule has 1 aromatic heterocycles. The molecule has 0 saturated carbocycles. The number of phenolic OH excluding ortho intramolecular Hbond substituents is 1. The summed E-state index contributed by atoms with van der Waals surface area (Å²) in [5.74, 6) is 1.22. The van der Waals surface area contributed by atoms with Gasteiger partial charge in [0.2, 0.25) is 10.0 Å². The Morgan fingerprint density at radius 2 is 1.89 bits per heavy atom. The maximum atomic E-state index is 12.5. The lowest BCUT2D eigenvalue weighted by molar-refractivity contribution is 0.285. The third-order valence-electron chi connectivity index (χ3n) is 6.55. The van der Waals surface area contributed by atoms with Crippen molar-refractivity contribution in [3.63, 3.8) is 0 Å². The smallest absolute Gasteiger partial charge is 0.211 e. The van der Waals surface area contributed by atoms with Gasteiger partial charge in [-0.1, -0.05) is 35.9 Å². The predicted octanol–water partition coefficient (Wildman–Crippen LogP) is 4.44. The molecule has 1 aliphatic heterocycles. The molecule has 0 bridgehead atoms. The van der Waals surface area contributed by atoms with Gasteiger partial charge in [0.1, 0.15) is 11.6 Å². The van der Waals surface area contributed by atoms with Crippen molar-refractivity contribution in [3.8, 4) is 17.0 Å². The number of nitrogens with one attached hydrogen (secondary N) is 1. The average Bonchev–Trinajstić information content (AvgIpc) is 2.86. The number of sulfonamides is 1. The van der Waals surface area contributed by atoms with Crippen LogP contribution in [0.1, 0.15) is 36.2 Å². The van der Waals surface area contributed by atoms with Crippen LogP contribution in [0.5, 0.6) is 5.75 Å². The van der Waals surface area contributed by atoms with Crippen molar-refractivity contribution in [2.24, 2.45) is 5.92 Å². The van der Waals surface area contributed by atoms with Crippen LogP contribution in [-0.4, -0.2) is 53.7 Å². The monoisotopic (exact) mass is 528 g/mol. The first-order valence-electron chi connectivity index (χ1n) is 12.3. The molecule has 1 saturated heterocycles. The van der Waals surface area contributed by atoms with Crippen LogP contribution >= 0.6 is 11.6 Å². The van der Waals surface area contributed by atoms with Gasteiger partial charge in [0.25, 0.3) is 0 Å². The van der Waals surface area contributed by atoms with E-state index in [4.69, 9.17) is 16.6 Å². The van der Waals surface area contributed by atoms with Gasteiger partial charge < -0.3 is 10.4 Å². The summed E-state index contributed by atoms with van der Waals surface area (Å²) in [4.78, 5) is 9.18. The molecule has 2 heterocycles. The number of rotatable bonds is 10. The Balaban J connectivity index is 1.42. The van der Waals surface area contributed by atoms with Gasteiger partial charge >= 0.3 is 0 Å². The van der Waals surface area contributed by atoms with Crippen molar-refractivity contribution in [2.45, 2.75) is 38.6 Å². The molecule has 3 aromatic rings. The lowest BCUT2D eigenvalue weighted by atomic mass is 9.98. The number of aryl methyl sites for hydroxylation is 2. The highest BCUT2D eigenvalue weighted by Crippen LogP contribution is 2.25. The van der Waals surface area contributed by atoms with Crippen LogP contribution in [-0.2, 0) is 29.4 Å². The van der Waals surface area contributed by atoms with Gasteiger partial charge in [0.15, 0.2) is 0 Å². The molecule has 2 aromatic carbocycles. The Hall–Kier alpha value is -2.52. The fourth-order valence-corrected chi connectivity index (χ4v) is 5.61. The van der Waals surface area contributed by atoms with Crippen LogP contribution in [0.15, 0.2) is 54.7 Å². The minimum atomic E-state index is -3.32. The minimum absolute atomic E-state index is 0.0876. The third-order valence-corrected chi connectivity index (χ3v) is 8.07. The van der Waals surface area contributed by atoms with Gasteiger partial charge in [-0.2, -0.15) is 4.31 Å². The first kappa shape index (κ1) is 26.5. The van der Waals surface area contributed by atoms with Crippen LogP contribution < -0.4 is 5.32 Å². The summed E-state index contributed by atoms with van der Waals surface area (Å²) >= 11 is 6.00. The predicted molar refractivity (Wildman–Crippen MR) is 143 cm³/mol. The van der Waals surface area contributed by atoms with Crippen molar-refractivity contribution >= 4 is 21.6 Å². The van der Waals surface area contributed by atoms with Gasteiger partial charge in [-0.3, -0.25) is 0 Å². The molecule has 7 nitrogen and oxygen atoms in total. The van der Waals surface area contributed by atoms with Crippen molar-refractivity contribution in [3.05, 3.63) is 76.7 Å². The molecular formula is C27H33ClN4O3S. The number of halogens is 1. The van der Waals surface area contributed by atoms with E-state index in [-0.39, 0.29) is 5.75 Å². The zero-order valence-electron chi connectivity index (χ0n) is 20.5. The largest absolute Gasteiger partial charge is 0.506 e. The highest BCUT2D eigenvalue weighted by atomic mass is 35.5. The van der Waals surface area contributed by atoms with Crippen LogP contribution in [0, 0.1) is 5.92 Å². The Morgan fingerprint density at radius 1 is 1.08 bits per heavy atom. The molecule has 9 heteroatoms. The molecule has 192 valence electrons. The summed E-state index contributed by atoms with van der Waals surface area (Å²) in [5, 5.41) is 13.3. The third kappa shape index (κ3) is 7.49. The zero-order valence-corrected chi connectivity index (χ0v) is 22.1. The molecule has 2 N–H and O–H groups in total. The number of aromatic hydroxyl groups is 1. The van der Waals surface area contributed by atoms with E-state index in [9.17, 15) is 13.5 Å². The molecular weight excluding hydrogens is 496 g/mol. The molecule has 1 aliphatic rings. The lowest BCUT2D eigenvalue weighted by Crippen LogP contribution is -2.38. The van der Waals surface area contributed by atoms with E-state index < -0.39 is 10.0 Å². The van der Waals surface area contributed by atoms with Crippen LogP contribution in [0.4, 0.5) is 0 Å². The van der Waals surface area contributed by atoms with E-state index >= 15 is 0 Å².